The highest BCUT2D eigenvalue weighted by molar-refractivity contribution is 7.89. The van der Waals surface area contributed by atoms with Gasteiger partial charge < -0.3 is 0 Å². The molecule has 0 bridgehead atoms. The maximum Gasteiger partial charge on any atom is 0.241 e. The zero-order valence-corrected chi connectivity index (χ0v) is 13.5. The van der Waals surface area contributed by atoms with Crippen LogP contribution in [-0.4, -0.2) is 14.5 Å². The molecule has 0 fully saturated rings. The van der Waals surface area contributed by atoms with Crippen molar-refractivity contribution in [2.24, 2.45) is 0 Å². The second kappa shape index (κ2) is 7.38. The van der Waals surface area contributed by atoms with Gasteiger partial charge in [-0.1, -0.05) is 54.1 Å². The van der Waals surface area contributed by atoms with E-state index in [0.717, 1.165) is 12.0 Å². The third kappa shape index (κ3) is 4.55. The van der Waals surface area contributed by atoms with E-state index in [0.29, 0.717) is 6.42 Å². The van der Waals surface area contributed by atoms with Crippen molar-refractivity contribution in [3.8, 4) is 0 Å². The van der Waals surface area contributed by atoms with Crippen LogP contribution in [0.4, 0.5) is 0 Å². The molecule has 0 aromatic heterocycles. The molecule has 1 N–H and O–H groups in total. The van der Waals surface area contributed by atoms with Gasteiger partial charge in [0.15, 0.2) is 0 Å². The summed E-state index contributed by atoms with van der Waals surface area (Å²) in [5.41, 5.74) is 2.21. The number of benzene rings is 2. The highest BCUT2D eigenvalue weighted by atomic mass is 32.2. The third-order valence-corrected chi connectivity index (χ3v) is 5.01. The average molecular weight is 315 g/mol. The molecule has 0 aliphatic carbocycles. The summed E-state index contributed by atoms with van der Waals surface area (Å²) in [4.78, 5) is 0.282. The van der Waals surface area contributed by atoms with Gasteiger partial charge in [-0.05, 0) is 37.5 Å². The summed E-state index contributed by atoms with van der Waals surface area (Å²) < 4.78 is 27.4. The molecule has 2 aromatic rings. The van der Waals surface area contributed by atoms with Crippen molar-refractivity contribution >= 4 is 10.0 Å². The van der Waals surface area contributed by atoms with Crippen LogP contribution in [0.15, 0.2) is 72.1 Å². The van der Waals surface area contributed by atoms with E-state index in [1.165, 1.54) is 5.56 Å². The first-order chi connectivity index (χ1) is 10.5. The fourth-order valence-corrected chi connectivity index (χ4v) is 3.42. The monoisotopic (exact) mass is 315 g/mol. The van der Waals surface area contributed by atoms with Crippen molar-refractivity contribution in [3.05, 3.63) is 78.4 Å². The Morgan fingerprint density at radius 3 is 2.32 bits per heavy atom. The second-order valence-electron chi connectivity index (χ2n) is 5.30. The maximum atomic E-state index is 12.4. The van der Waals surface area contributed by atoms with Crippen molar-refractivity contribution in [1.29, 1.82) is 0 Å². The topological polar surface area (TPSA) is 46.2 Å². The summed E-state index contributed by atoms with van der Waals surface area (Å²) >= 11 is 0. The maximum absolute atomic E-state index is 12.4. The normalized spacial score (nSPS) is 12.8. The standard InChI is InChI=1S/C18H21NO2S/c1-3-17(12-11-16-7-5-4-6-8-16)19-22(20,21)18-13-9-15(2)10-14-18/h3-10,13-14,17,19H,1,11-12H2,2H3/t17-/m0/s1. The van der Waals surface area contributed by atoms with E-state index in [9.17, 15) is 8.42 Å². The molecule has 22 heavy (non-hydrogen) atoms. The Morgan fingerprint density at radius 2 is 1.73 bits per heavy atom. The lowest BCUT2D eigenvalue weighted by atomic mass is 10.1. The first-order valence-corrected chi connectivity index (χ1v) is 8.75. The molecule has 0 aliphatic rings. The number of sulfonamides is 1. The van der Waals surface area contributed by atoms with Crippen LogP contribution in [0, 0.1) is 6.92 Å². The molecule has 116 valence electrons. The summed E-state index contributed by atoms with van der Waals surface area (Å²) in [7, 11) is -3.51. The number of nitrogens with one attached hydrogen (secondary N) is 1. The molecule has 0 saturated heterocycles. The van der Waals surface area contributed by atoms with Crippen LogP contribution in [-0.2, 0) is 16.4 Å². The molecule has 2 aromatic carbocycles. The van der Waals surface area contributed by atoms with E-state index in [2.05, 4.69) is 11.3 Å². The second-order valence-corrected chi connectivity index (χ2v) is 7.01. The van der Waals surface area contributed by atoms with Gasteiger partial charge in [0, 0.05) is 6.04 Å². The van der Waals surface area contributed by atoms with Crippen LogP contribution in [0.3, 0.4) is 0 Å². The smallest absolute Gasteiger partial charge is 0.207 e. The Bertz CT molecular complexity index is 707. The van der Waals surface area contributed by atoms with Gasteiger partial charge >= 0.3 is 0 Å². The Morgan fingerprint density at radius 1 is 1.09 bits per heavy atom. The fraction of sp³-hybridized carbons (Fsp3) is 0.222. The van der Waals surface area contributed by atoms with E-state index < -0.39 is 10.0 Å². The number of hydrogen-bond donors (Lipinski definition) is 1. The Labute approximate surface area is 132 Å². The van der Waals surface area contributed by atoms with E-state index in [1.54, 1.807) is 30.3 Å². The van der Waals surface area contributed by atoms with Crippen LogP contribution in [0.25, 0.3) is 0 Å². The lowest BCUT2D eigenvalue weighted by molar-refractivity contribution is 0.562. The Hall–Kier alpha value is -1.91. The minimum atomic E-state index is -3.51. The van der Waals surface area contributed by atoms with Crippen molar-refractivity contribution in [3.63, 3.8) is 0 Å². The highest BCUT2D eigenvalue weighted by Gasteiger charge is 2.17. The molecular formula is C18H21NO2S. The predicted molar refractivity (Wildman–Crippen MR) is 90.2 cm³/mol. The zero-order chi connectivity index (χ0) is 16.0. The van der Waals surface area contributed by atoms with Crippen LogP contribution < -0.4 is 4.72 Å². The number of hydrogen-bond acceptors (Lipinski definition) is 2. The van der Waals surface area contributed by atoms with Crippen molar-refractivity contribution in [2.45, 2.75) is 30.7 Å². The van der Waals surface area contributed by atoms with Gasteiger partial charge in [-0.3, -0.25) is 0 Å². The molecule has 0 heterocycles. The number of rotatable bonds is 7. The molecule has 0 amide bonds. The third-order valence-electron chi connectivity index (χ3n) is 3.51. The van der Waals surface area contributed by atoms with Crippen LogP contribution in [0.2, 0.25) is 0 Å². The minimum absolute atomic E-state index is 0.282. The van der Waals surface area contributed by atoms with Gasteiger partial charge in [0.05, 0.1) is 4.90 Å². The fourth-order valence-electron chi connectivity index (χ4n) is 2.18. The highest BCUT2D eigenvalue weighted by Crippen LogP contribution is 2.13. The van der Waals surface area contributed by atoms with Gasteiger partial charge in [0.1, 0.15) is 0 Å². The van der Waals surface area contributed by atoms with Gasteiger partial charge in [0.2, 0.25) is 10.0 Å². The molecule has 4 heteroatoms. The Balaban J connectivity index is 2.02. The van der Waals surface area contributed by atoms with E-state index in [1.807, 2.05) is 37.3 Å². The quantitative estimate of drug-likeness (QED) is 0.795. The van der Waals surface area contributed by atoms with Crippen molar-refractivity contribution in [2.75, 3.05) is 0 Å². The summed E-state index contributed by atoms with van der Waals surface area (Å²) in [5.74, 6) is 0. The Kier molecular flexibility index (Phi) is 5.52. The van der Waals surface area contributed by atoms with E-state index in [4.69, 9.17) is 0 Å². The SMILES string of the molecule is C=C[C@@H](CCc1ccccc1)NS(=O)(=O)c1ccc(C)cc1. The number of aryl methyl sites for hydroxylation is 2. The minimum Gasteiger partial charge on any atom is -0.207 e. The first kappa shape index (κ1) is 16.5. The summed E-state index contributed by atoms with van der Waals surface area (Å²) in [6.07, 6.45) is 3.13. The summed E-state index contributed by atoms with van der Waals surface area (Å²) in [5, 5.41) is 0. The first-order valence-electron chi connectivity index (χ1n) is 7.27. The van der Waals surface area contributed by atoms with Gasteiger partial charge in [-0.15, -0.1) is 6.58 Å². The van der Waals surface area contributed by atoms with Gasteiger partial charge in [-0.25, -0.2) is 13.1 Å². The molecule has 2 rings (SSSR count). The summed E-state index contributed by atoms with van der Waals surface area (Å²) in [6.45, 7) is 5.67. The van der Waals surface area contributed by atoms with E-state index >= 15 is 0 Å². The van der Waals surface area contributed by atoms with Gasteiger partial charge in [-0.2, -0.15) is 0 Å². The lowest BCUT2D eigenvalue weighted by Gasteiger charge is -2.15. The summed E-state index contributed by atoms with van der Waals surface area (Å²) in [6, 6.07) is 16.5. The molecule has 3 nitrogen and oxygen atoms in total. The molecule has 0 radical (unpaired) electrons. The predicted octanol–water partition coefficient (Wildman–Crippen LogP) is 3.46. The molecule has 1 atom stereocenters. The molecular weight excluding hydrogens is 294 g/mol. The van der Waals surface area contributed by atoms with Gasteiger partial charge in [0.25, 0.3) is 0 Å². The molecule has 0 aliphatic heterocycles. The van der Waals surface area contributed by atoms with Crippen molar-refractivity contribution < 1.29 is 8.42 Å². The molecule has 0 spiro atoms. The van der Waals surface area contributed by atoms with Crippen LogP contribution in [0.5, 0.6) is 0 Å². The van der Waals surface area contributed by atoms with E-state index in [-0.39, 0.29) is 10.9 Å². The average Bonchev–Trinajstić information content (AvgIpc) is 2.52. The van der Waals surface area contributed by atoms with Crippen LogP contribution >= 0.6 is 0 Å². The molecule has 0 saturated carbocycles. The van der Waals surface area contributed by atoms with Crippen molar-refractivity contribution in [1.82, 2.24) is 4.72 Å². The molecule has 0 unspecified atom stereocenters. The zero-order valence-electron chi connectivity index (χ0n) is 12.7. The van der Waals surface area contributed by atoms with Crippen LogP contribution in [0.1, 0.15) is 17.5 Å². The lowest BCUT2D eigenvalue weighted by Crippen LogP contribution is -2.33. The largest absolute Gasteiger partial charge is 0.241 e.